The molecular formula is C22H27F2N5O3. The van der Waals surface area contributed by atoms with Crippen LogP contribution in [0, 0.1) is 17.0 Å². The summed E-state index contributed by atoms with van der Waals surface area (Å²) in [5.41, 5.74) is -0.181. The number of hydrogen-bond donors (Lipinski definition) is 3. The van der Waals surface area contributed by atoms with E-state index in [9.17, 15) is 23.2 Å². The Morgan fingerprint density at radius 1 is 1.09 bits per heavy atom. The van der Waals surface area contributed by atoms with Crippen molar-refractivity contribution < 1.29 is 23.2 Å². The number of halogens is 2. The highest BCUT2D eigenvalue weighted by Crippen LogP contribution is 2.22. The van der Waals surface area contributed by atoms with Crippen molar-refractivity contribution in [1.29, 1.82) is 0 Å². The first-order chi connectivity index (χ1) is 15.0. The van der Waals surface area contributed by atoms with Gasteiger partial charge < -0.3 is 15.5 Å². The van der Waals surface area contributed by atoms with Gasteiger partial charge in [0.2, 0.25) is 5.91 Å². The number of H-pyrrole nitrogens is 1. The highest BCUT2D eigenvalue weighted by molar-refractivity contribution is 6.08. The van der Waals surface area contributed by atoms with Crippen molar-refractivity contribution in [2.45, 2.75) is 46.1 Å². The minimum absolute atomic E-state index is 0.0291. The zero-order chi connectivity index (χ0) is 23.5. The second-order valence-corrected chi connectivity index (χ2v) is 9.14. The molecule has 1 saturated heterocycles. The molecule has 1 aromatic carbocycles. The van der Waals surface area contributed by atoms with Gasteiger partial charge in [-0.05, 0) is 30.4 Å². The molecule has 0 saturated carbocycles. The Kier molecular flexibility index (Phi) is 6.90. The number of nitrogens with zero attached hydrogens (tertiary/aromatic N) is 2. The molecule has 1 aromatic heterocycles. The van der Waals surface area contributed by atoms with E-state index in [0.717, 1.165) is 12.1 Å². The summed E-state index contributed by atoms with van der Waals surface area (Å²) in [7, 11) is 0. The molecule has 8 nitrogen and oxygen atoms in total. The Hall–Kier alpha value is -3.30. The summed E-state index contributed by atoms with van der Waals surface area (Å²) in [6, 6.07) is 2.32. The van der Waals surface area contributed by atoms with Gasteiger partial charge in [0.15, 0.2) is 0 Å². The van der Waals surface area contributed by atoms with Gasteiger partial charge in [-0.25, -0.2) is 8.78 Å². The predicted octanol–water partition coefficient (Wildman–Crippen LogP) is 3.10. The Bertz CT molecular complexity index is 987. The molecule has 3 rings (SSSR count). The van der Waals surface area contributed by atoms with Crippen LogP contribution < -0.4 is 10.6 Å². The summed E-state index contributed by atoms with van der Waals surface area (Å²) in [5, 5.41) is 11.6. The first kappa shape index (κ1) is 23.4. The third kappa shape index (κ3) is 6.12. The first-order valence-corrected chi connectivity index (χ1v) is 10.4. The molecule has 2 heterocycles. The van der Waals surface area contributed by atoms with Gasteiger partial charge in [0.1, 0.15) is 17.3 Å². The number of benzene rings is 1. The van der Waals surface area contributed by atoms with Crippen LogP contribution in [0.5, 0.6) is 0 Å². The number of carbonyl (C=O) groups excluding carboxylic acids is 3. The molecule has 0 aliphatic carbocycles. The summed E-state index contributed by atoms with van der Waals surface area (Å²) >= 11 is 0. The normalized spacial score (nSPS) is 14.8. The molecule has 3 N–H and O–H groups in total. The maximum Gasteiger partial charge on any atom is 0.271 e. The van der Waals surface area contributed by atoms with E-state index < -0.39 is 23.4 Å². The molecule has 0 radical (unpaired) electrons. The molecule has 3 amide bonds. The van der Waals surface area contributed by atoms with Gasteiger partial charge in [0.05, 0.1) is 11.9 Å². The molecule has 2 aromatic rings. The summed E-state index contributed by atoms with van der Waals surface area (Å²) in [5.74, 6) is -2.90. The van der Waals surface area contributed by atoms with E-state index in [1.54, 1.807) is 0 Å². The van der Waals surface area contributed by atoms with Gasteiger partial charge in [0.25, 0.3) is 11.8 Å². The van der Waals surface area contributed by atoms with Crippen LogP contribution in [-0.2, 0) is 4.79 Å². The van der Waals surface area contributed by atoms with Crippen molar-refractivity contribution >= 4 is 23.4 Å². The molecule has 1 aliphatic heterocycles. The van der Waals surface area contributed by atoms with Gasteiger partial charge >= 0.3 is 0 Å². The van der Waals surface area contributed by atoms with E-state index in [0.29, 0.717) is 38.4 Å². The standard InChI is InChI=1S/C22H27F2N5O3/c1-22(2,3)11-18(30)29-6-4-16(5-7-29)26-21(32)19-17(12-25-28-19)27-20(31)13-8-14(23)10-15(24)9-13/h8-10,12,16H,4-7,11H2,1-3H3,(H,25,28)(H,26,32)(H,27,31). The van der Waals surface area contributed by atoms with E-state index in [4.69, 9.17) is 0 Å². The number of hydrogen-bond acceptors (Lipinski definition) is 4. The fraction of sp³-hybridized carbons (Fsp3) is 0.455. The van der Waals surface area contributed by atoms with E-state index in [1.165, 1.54) is 6.20 Å². The molecule has 1 aliphatic rings. The molecule has 0 atom stereocenters. The predicted molar refractivity (Wildman–Crippen MR) is 114 cm³/mol. The van der Waals surface area contributed by atoms with Crippen molar-refractivity contribution in [2.75, 3.05) is 18.4 Å². The van der Waals surface area contributed by atoms with Crippen LogP contribution in [0.3, 0.4) is 0 Å². The number of amides is 3. The molecule has 0 bridgehead atoms. The Morgan fingerprint density at radius 2 is 1.72 bits per heavy atom. The van der Waals surface area contributed by atoms with Crippen molar-refractivity contribution in [3.05, 3.63) is 47.3 Å². The zero-order valence-corrected chi connectivity index (χ0v) is 18.3. The third-order valence-corrected chi connectivity index (χ3v) is 5.10. The Morgan fingerprint density at radius 3 is 2.31 bits per heavy atom. The van der Waals surface area contributed by atoms with Gasteiger partial charge in [0, 0.05) is 37.2 Å². The number of anilines is 1. The minimum Gasteiger partial charge on any atom is -0.348 e. The van der Waals surface area contributed by atoms with Crippen LogP contribution in [0.25, 0.3) is 0 Å². The lowest BCUT2D eigenvalue weighted by atomic mass is 9.91. The quantitative estimate of drug-likeness (QED) is 0.655. The molecule has 32 heavy (non-hydrogen) atoms. The SMILES string of the molecule is CC(C)(C)CC(=O)N1CCC(NC(=O)c2[nH]ncc2NC(=O)c2cc(F)cc(F)c2)CC1. The average Bonchev–Trinajstić information content (AvgIpc) is 3.14. The number of likely N-dealkylation sites (tertiary alicyclic amines) is 1. The monoisotopic (exact) mass is 447 g/mol. The van der Waals surface area contributed by atoms with Crippen LogP contribution in [0.4, 0.5) is 14.5 Å². The van der Waals surface area contributed by atoms with Crippen LogP contribution in [0.2, 0.25) is 0 Å². The van der Waals surface area contributed by atoms with Gasteiger partial charge in [-0.3, -0.25) is 19.5 Å². The third-order valence-electron chi connectivity index (χ3n) is 5.10. The maximum atomic E-state index is 13.4. The molecule has 10 heteroatoms. The highest BCUT2D eigenvalue weighted by Gasteiger charge is 2.27. The summed E-state index contributed by atoms with van der Waals surface area (Å²) in [6.07, 6.45) is 2.94. The minimum atomic E-state index is -0.882. The van der Waals surface area contributed by atoms with Crippen molar-refractivity contribution in [3.8, 4) is 0 Å². The lowest BCUT2D eigenvalue weighted by molar-refractivity contribution is -0.134. The second kappa shape index (κ2) is 9.46. The van der Waals surface area contributed by atoms with Gasteiger partial charge in [-0.2, -0.15) is 5.10 Å². The lowest BCUT2D eigenvalue weighted by Gasteiger charge is -2.34. The number of rotatable bonds is 5. The van der Waals surface area contributed by atoms with E-state index in [1.807, 2.05) is 25.7 Å². The molecule has 1 fully saturated rings. The number of nitrogens with one attached hydrogen (secondary N) is 3. The average molecular weight is 447 g/mol. The lowest BCUT2D eigenvalue weighted by Crippen LogP contribution is -2.47. The van der Waals surface area contributed by atoms with E-state index in [2.05, 4.69) is 20.8 Å². The van der Waals surface area contributed by atoms with Crippen molar-refractivity contribution in [3.63, 3.8) is 0 Å². The molecular weight excluding hydrogens is 420 g/mol. The van der Waals surface area contributed by atoms with Gasteiger partial charge in [-0.15, -0.1) is 0 Å². The Labute approximate surface area is 184 Å². The maximum absolute atomic E-state index is 13.4. The number of carbonyl (C=O) groups is 3. The van der Waals surface area contributed by atoms with Crippen LogP contribution >= 0.6 is 0 Å². The number of aromatic amines is 1. The van der Waals surface area contributed by atoms with Crippen LogP contribution in [-0.4, -0.2) is 52.0 Å². The van der Waals surface area contributed by atoms with Crippen LogP contribution in [0.1, 0.15) is 60.9 Å². The van der Waals surface area contributed by atoms with E-state index >= 15 is 0 Å². The topological polar surface area (TPSA) is 107 Å². The largest absolute Gasteiger partial charge is 0.348 e. The zero-order valence-electron chi connectivity index (χ0n) is 18.3. The first-order valence-electron chi connectivity index (χ1n) is 10.4. The highest BCUT2D eigenvalue weighted by atomic mass is 19.1. The van der Waals surface area contributed by atoms with E-state index in [-0.39, 0.29) is 34.3 Å². The fourth-order valence-electron chi connectivity index (χ4n) is 3.53. The molecule has 0 unspecified atom stereocenters. The molecule has 172 valence electrons. The van der Waals surface area contributed by atoms with Crippen LogP contribution in [0.15, 0.2) is 24.4 Å². The number of aromatic nitrogens is 2. The second-order valence-electron chi connectivity index (χ2n) is 9.14. The summed E-state index contributed by atoms with van der Waals surface area (Å²) in [6.45, 7) is 7.16. The van der Waals surface area contributed by atoms with Gasteiger partial charge in [-0.1, -0.05) is 20.8 Å². The summed E-state index contributed by atoms with van der Waals surface area (Å²) in [4.78, 5) is 39.2. The fourth-order valence-corrected chi connectivity index (χ4v) is 3.53. The summed E-state index contributed by atoms with van der Waals surface area (Å²) < 4.78 is 26.7. The molecule has 0 spiro atoms. The van der Waals surface area contributed by atoms with Crippen molar-refractivity contribution in [2.24, 2.45) is 5.41 Å². The smallest absolute Gasteiger partial charge is 0.271 e. The Balaban J connectivity index is 1.57. The number of piperidine rings is 1. The van der Waals surface area contributed by atoms with Crippen molar-refractivity contribution in [1.82, 2.24) is 20.4 Å².